The monoisotopic (exact) mass is 310 g/mol. The number of nitrogens with zero attached hydrogens (tertiary/aromatic N) is 1. The Hall–Kier alpha value is -2.57. The minimum absolute atomic E-state index is 0.442. The van der Waals surface area contributed by atoms with Crippen LogP contribution in [0.2, 0.25) is 0 Å². The minimum Gasteiger partial charge on any atom is -0.480 e. The number of halogens is 3. The van der Waals surface area contributed by atoms with E-state index in [1.165, 1.54) is 31.5 Å². The topological polar surface area (TPSA) is 62.2 Å². The Morgan fingerprint density at radius 2 is 1.86 bits per heavy atom. The molecule has 2 N–H and O–H groups in total. The molecule has 0 radical (unpaired) electrons. The van der Waals surface area contributed by atoms with Crippen molar-refractivity contribution in [3.8, 4) is 11.1 Å². The van der Waals surface area contributed by atoms with Crippen LogP contribution >= 0.6 is 0 Å². The fourth-order valence-electron chi connectivity index (χ4n) is 1.89. The van der Waals surface area contributed by atoms with E-state index in [4.69, 9.17) is 5.11 Å². The van der Waals surface area contributed by atoms with E-state index in [-0.39, 0.29) is 0 Å². The van der Waals surface area contributed by atoms with Gasteiger partial charge in [0.05, 0.1) is 17.4 Å². The second-order valence-electron chi connectivity index (χ2n) is 4.70. The molecule has 0 saturated heterocycles. The molecule has 0 unspecified atom stereocenters. The van der Waals surface area contributed by atoms with Crippen LogP contribution in [0.15, 0.2) is 42.7 Å². The molecule has 2 rings (SSSR count). The van der Waals surface area contributed by atoms with Gasteiger partial charge >= 0.3 is 12.1 Å². The summed E-state index contributed by atoms with van der Waals surface area (Å²) in [6, 6.07) is 5.42. The van der Waals surface area contributed by atoms with Gasteiger partial charge in [-0.25, -0.2) is 0 Å². The highest BCUT2D eigenvalue weighted by molar-refractivity contribution is 5.82. The van der Waals surface area contributed by atoms with Gasteiger partial charge in [0.25, 0.3) is 0 Å². The Bertz CT molecular complexity index is 669. The van der Waals surface area contributed by atoms with Crippen LogP contribution in [0, 0.1) is 0 Å². The maximum absolute atomic E-state index is 12.6. The maximum atomic E-state index is 12.6. The molecule has 1 atom stereocenters. The van der Waals surface area contributed by atoms with Crippen LogP contribution < -0.4 is 5.32 Å². The Morgan fingerprint density at radius 3 is 2.41 bits per heavy atom. The first kappa shape index (κ1) is 15.8. The van der Waals surface area contributed by atoms with E-state index in [9.17, 15) is 18.0 Å². The number of carboxylic acids is 1. The van der Waals surface area contributed by atoms with Gasteiger partial charge in [0.1, 0.15) is 6.04 Å². The molecule has 116 valence electrons. The van der Waals surface area contributed by atoms with E-state index in [0.717, 1.165) is 12.1 Å². The number of hydrogen-bond donors (Lipinski definition) is 2. The van der Waals surface area contributed by atoms with Crippen LogP contribution in [0.3, 0.4) is 0 Å². The lowest BCUT2D eigenvalue weighted by molar-refractivity contribution is -0.138. The van der Waals surface area contributed by atoms with Crippen LogP contribution in [0.1, 0.15) is 12.5 Å². The number of carbonyl (C=O) groups is 1. The predicted molar refractivity (Wildman–Crippen MR) is 75.4 cm³/mol. The largest absolute Gasteiger partial charge is 0.480 e. The van der Waals surface area contributed by atoms with E-state index in [1.54, 1.807) is 6.07 Å². The number of aromatic nitrogens is 1. The molecule has 4 nitrogen and oxygen atoms in total. The second-order valence-corrected chi connectivity index (χ2v) is 4.70. The molecule has 0 aliphatic rings. The van der Waals surface area contributed by atoms with Crippen molar-refractivity contribution in [3.63, 3.8) is 0 Å². The zero-order chi connectivity index (χ0) is 16.3. The van der Waals surface area contributed by atoms with Crippen molar-refractivity contribution < 1.29 is 23.1 Å². The lowest BCUT2D eigenvalue weighted by atomic mass is 10.0. The molecule has 0 amide bonds. The van der Waals surface area contributed by atoms with Crippen molar-refractivity contribution in [3.05, 3.63) is 48.3 Å². The van der Waals surface area contributed by atoms with Crippen LogP contribution in [-0.4, -0.2) is 22.1 Å². The molecular formula is C15H13F3N2O2. The molecule has 1 aromatic heterocycles. The third kappa shape index (κ3) is 3.55. The van der Waals surface area contributed by atoms with Gasteiger partial charge in [-0.05, 0) is 30.7 Å². The van der Waals surface area contributed by atoms with Crippen molar-refractivity contribution in [2.24, 2.45) is 0 Å². The first-order valence-electron chi connectivity index (χ1n) is 6.40. The number of anilines is 1. The van der Waals surface area contributed by atoms with Crippen LogP contribution in [0.5, 0.6) is 0 Å². The number of nitrogens with one attached hydrogen (secondary N) is 1. The van der Waals surface area contributed by atoms with Crippen molar-refractivity contribution in [1.29, 1.82) is 0 Å². The number of aliphatic carboxylic acids is 1. The molecule has 0 aliphatic carbocycles. The minimum atomic E-state index is -4.39. The smallest absolute Gasteiger partial charge is 0.416 e. The summed E-state index contributed by atoms with van der Waals surface area (Å²) < 4.78 is 37.7. The summed E-state index contributed by atoms with van der Waals surface area (Å²) in [6.45, 7) is 1.46. The third-order valence-corrected chi connectivity index (χ3v) is 3.09. The lowest BCUT2D eigenvalue weighted by Gasteiger charge is -2.15. The first-order chi connectivity index (χ1) is 10.3. The van der Waals surface area contributed by atoms with Gasteiger partial charge in [-0.15, -0.1) is 0 Å². The van der Waals surface area contributed by atoms with Gasteiger partial charge in [-0.2, -0.15) is 13.2 Å². The van der Waals surface area contributed by atoms with Crippen molar-refractivity contribution in [2.75, 3.05) is 5.32 Å². The zero-order valence-electron chi connectivity index (χ0n) is 11.6. The number of pyridine rings is 1. The van der Waals surface area contributed by atoms with Crippen molar-refractivity contribution >= 4 is 11.7 Å². The van der Waals surface area contributed by atoms with Crippen molar-refractivity contribution in [1.82, 2.24) is 4.98 Å². The first-order valence-corrected chi connectivity index (χ1v) is 6.40. The van der Waals surface area contributed by atoms with Crippen LogP contribution in [-0.2, 0) is 11.0 Å². The summed E-state index contributed by atoms with van der Waals surface area (Å²) in [5.74, 6) is -1.04. The summed E-state index contributed by atoms with van der Waals surface area (Å²) in [7, 11) is 0. The number of hydrogen-bond acceptors (Lipinski definition) is 3. The molecule has 1 aromatic carbocycles. The Balaban J connectivity index is 2.35. The molecule has 2 aromatic rings. The average Bonchev–Trinajstić information content (AvgIpc) is 2.47. The van der Waals surface area contributed by atoms with Gasteiger partial charge in [-0.3, -0.25) is 9.78 Å². The van der Waals surface area contributed by atoms with Crippen molar-refractivity contribution in [2.45, 2.75) is 19.1 Å². The number of alkyl halides is 3. The summed E-state index contributed by atoms with van der Waals surface area (Å²) in [6.07, 6.45) is -1.47. The second kappa shape index (κ2) is 6.05. The highest BCUT2D eigenvalue weighted by atomic mass is 19.4. The third-order valence-electron chi connectivity index (χ3n) is 3.09. The molecule has 0 aliphatic heterocycles. The van der Waals surface area contributed by atoms with Crippen LogP contribution in [0.25, 0.3) is 11.1 Å². The molecule has 22 heavy (non-hydrogen) atoms. The standard InChI is InChI=1S/C15H13F3N2O2/c1-9(14(21)22)20-13-8-19-7-6-12(13)10-2-4-11(5-3-10)15(16,17)18/h2-9,20H,1H3,(H,21,22)/t9-/m0/s1. The zero-order valence-corrected chi connectivity index (χ0v) is 11.6. The van der Waals surface area contributed by atoms with E-state index < -0.39 is 23.8 Å². The normalized spacial score (nSPS) is 12.7. The maximum Gasteiger partial charge on any atom is 0.416 e. The SMILES string of the molecule is C[C@H](Nc1cnccc1-c1ccc(C(F)(F)F)cc1)C(=O)O. The highest BCUT2D eigenvalue weighted by Gasteiger charge is 2.30. The van der Waals surface area contributed by atoms with Crippen LogP contribution in [0.4, 0.5) is 18.9 Å². The van der Waals surface area contributed by atoms with E-state index in [2.05, 4.69) is 10.3 Å². The van der Waals surface area contributed by atoms with Gasteiger partial charge < -0.3 is 10.4 Å². The lowest BCUT2D eigenvalue weighted by Crippen LogP contribution is -2.25. The Kier molecular flexibility index (Phi) is 4.35. The average molecular weight is 310 g/mol. The summed E-state index contributed by atoms with van der Waals surface area (Å²) in [4.78, 5) is 14.8. The van der Waals surface area contributed by atoms with E-state index in [1.807, 2.05) is 0 Å². The number of rotatable bonds is 4. The number of carboxylic acid groups (broad SMARTS) is 1. The van der Waals surface area contributed by atoms with Gasteiger partial charge in [0.2, 0.25) is 0 Å². The Labute approximate surface area is 124 Å². The van der Waals surface area contributed by atoms with E-state index >= 15 is 0 Å². The molecule has 0 bridgehead atoms. The van der Waals surface area contributed by atoms with Gasteiger partial charge in [0.15, 0.2) is 0 Å². The van der Waals surface area contributed by atoms with Gasteiger partial charge in [0, 0.05) is 11.8 Å². The molecular weight excluding hydrogens is 297 g/mol. The summed E-state index contributed by atoms with van der Waals surface area (Å²) >= 11 is 0. The molecule has 0 spiro atoms. The molecule has 0 saturated carbocycles. The van der Waals surface area contributed by atoms with E-state index in [0.29, 0.717) is 16.8 Å². The predicted octanol–water partition coefficient (Wildman–Crippen LogP) is 3.65. The molecule has 1 heterocycles. The Morgan fingerprint density at radius 1 is 1.23 bits per heavy atom. The highest BCUT2D eigenvalue weighted by Crippen LogP contribution is 2.33. The van der Waals surface area contributed by atoms with Gasteiger partial charge in [-0.1, -0.05) is 12.1 Å². The molecule has 0 fully saturated rings. The quantitative estimate of drug-likeness (QED) is 0.905. The molecule has 7 heteroatoms. The number of benzene rings is 1. The fourth-order valence-corrected chi connectivity index (χ4v) is 1.89. The summed E-state index contributed by atoms with van der Waals surface area (Å²) in [5, 5.41) is 11.7. The summed E-state index contributed by atoms with van der Waals surface area (Å²) in [5.41, 5.74) is 0.822. The fraction of sp³-hybridized carbons (Fsp3) is 0.200.